The highest BCUT2D eigenvalue weighted by atomic mass is 35.5. The Labute approximate surface area is 142 Å². The Morgan fingerprint density at radius 1 is 1.42 bits per heavy atom. The standard InChI is InChI=1S/C15H15ClFN5O2/c1-19-15(18)24-7-6-11-10(17)3-5-13(21-11)22-14(23)12-4-2-9(16)8-20-12/h2-5,8H,6-7H2,1H3,(H2,18,19)(H,21,22,23). The van der Waals surface area contributed by atoms with Crippen LogP contribution < -0.4 is 11.1 Å². The summed E-state index contributed by atoms with van der Waals surface area (Å²) in [6.45, 7) is 0.114. The van der Waals surface area contributed by atoms with Crippen LogP contribution >= 0.6 is 11.6 Å². The zero-order valence-corrected chi connectivity index (χ0v) is 13.5. The number of aliphatic imine (C=N–C) groups is 1. The number of rotatable bonds is 5. The summed E-state index contributed by atoms with van der Waals surface area (Å²) >= 11 is 5.72. The Hall–Kier alpha value is -2.74. The van der Waals surface area contributed by atoms with E-state index in [-0.39, 0.29) is 36.3 Å². The second-order valence-electron chi connectivity index (χ2n) is 4.60. The maximum atomic E-state index is 13.8. The van der Waals surface area contributed by atoms with E-state index in [4.69, 9.17) is 22.1 Å². The number of carbonyl (C=O) groups is 1. The molecule has 0 unspecified atom stereocenters. The number of amidine groups is 1. The molecule has 0 aliphatic rings. The maximum absolute atomic E-state index is 13.8. The number of halogens is 2. The van der Waals surface area contributed by atoms with Gasteiger partial charge >= 0.3 is 0 Å². The molecule has 0 saturated heterocycles. The lowest BCUT2D eigenvalue weighted by atomic mass is 10.2. The zero-order chi connectivity index (χ0) is 17.5. The second-order valence-corrected chi connectivity index (χ2v) is 5.04. The summed E-state index contributed by atoms with van der Waals surface area (Å²) < 4.78 is 18.8. The molecule has 9 heteroatoms. The van der Waals surface area contributed by atoms with Crippen LogP contribution in [0, 0.1) is 5.82 Å². The summed E-state index contributed by atoms with van der Waals surface area (Å²) in [7, 11) is 1.48. The first-order chi connectivity index (χ1) is 11.5. The highest BCUT2D eigenvalue weighted by molar-refractivity contribution is 6.30. The normalized spacial score (nSPS) is 11.2. The van der Waals surface area contributed by atoms with Crippen LogP contribution in [0.3, 0.4) is 0 Å². The van der Waals surface area contributed by atoms with E-state index in [9.17, 15) is 9.18 Å². The lowest BCUT2D eigenvalue weighted by Crippen LogP contribution is -2.18. The molecule has 3 N–H and O–H groups in total. The Balaban J connectivity index is 2.04. The fraction of sp³-hybridized carbons (Fsp3) is 0.200. The van der Waals surface area contributed by atoms with Gasteiger partial charge in [0.15, 0.2) is 0 Å². The molecule has 0 bridgehead atoms. The minimum atomic E-state index is -0.506. The van der Waals surface area contributed by atoms with Gasteiger partial charge < -0.3 is 15.8 Å². The predicted octanol–water partition coefficient (Wildman–Crippen LogP) is 2.02. The van der Waals surface area contributed by atoms with Crippen molar-refractivity contribution in [2.24, 2.45) is 10.7 Å². The molecule has 7 nitrogen and oxygen atoms in total. The third-order valence-electron chi connectivity index (χ3n) is 2.93. The molecule has 24 heavy (non-hydrogen) atoms. The number of hydrogen-bond donors (Lipinski definition) is 2. The van der Waals surface area contributed by atoms with E-state index < -0.39 is 11.7 Å². The van der Waals surface area contributed by atoms with Gasteiger partial charge in [-0.3, -0.25) is 4.79 Å². The number of nitrogens with zero attached hydrogens (tertiary/aromatic N) is 3. The van der Waals surface area contributed by atoms with Crippen molar-refractivity contribution in [1.29, 1.82) is 0 Å². The first-order valence-corrected chi connectivity index (χ1v) is 7.30. The van der Waals surface area contributed by atoms with Crippen LogP contribution in [0.2, 0.25) is 5.02 Å². The minimum Gasteiger partial charge on any atom is -0.465 e. The quantitative estimate of drug-likeness (QED) is 0.633. The summed E-state index contributed by atoms with van der Waals surface area (Å²) in [4.78, 5) is 23.6. The lowest BCUT2D eigenvalue weighted by Gasteiger charge is -2.08. The number of carbonyl (C=O) groups excluding carboxylic acids is 1. The second kappa shape index (κ2) is 8.21. The van der Waals surface area contributed by atoms with Crippen LogP contribution in [0.4, 0.5) is 10.2 Å². The first-order valence-electron chi connectivity index (χ1n) is 6.93. The van der Waals surface area contributed by atoms with Crippen LogP contribution in [-0.2, 0) is 11.2 Å². The van der Waals surface area contributed by atoms with Crippen molar-refractivity contribution in [2.45, 2.75) is 6.42 Å². The predicted molar refractivity (Wildman–Crippen MR) is 88.6 cm³/mol. The van der Waals surface area contributed by atoms with Gasteiger partial charge in [0.1, 0.15) is 17.3 Å². The van der Waals surface area contributed by atoms with E-state index in [2.05, 4.69) is 20.3 Å². The number of nitrogens with one attached hydrogen (secondary N) is 1. The first kappa shape index (κ1) is 17.6. The average molecular weight is 352 g/mol. The molecular formula is C15H15ClFN5O2. The zero-order valence-electron chi connectivity index (χ0n) is 12.8. The number of pyridine rings is 2. The Morgan fingerprint density at radius 2 is 2.21 bits per heavy atom. The number of amides is 1. The van der Waals surface area contributed by atoms with E-state index in [1.54, 1.807) is 6.07 Å². The number of nitrogens with two attached hydrogens (primary N) is 1. The van der Waals surface area contributed by atoms with Gasteiger partial charge in [0, 0.05) is 19.7 Å². The van der Waals surface area contributed by atoms with Gasteiger partial charge in [-0.05, 0) is 24.3 Å². The van der Waals surface area contributed by atoms with E-state index in [0.29, 0.717) is 5.02 Å². The SMILES string of the molecule is CN=C(N)OCCc1nc(NC(=O)c2ccc(Cl)cn2)ccc1F. The Morgan fingerprint density at radius 3 is 2.88 bits per heavy atom. The molecule has 0 aliphatic heterocycles. The van der Waals surface area contributed by atoms with Crippen molar-refractivity contribution in [3.8, 4) is 0 Å². The molecule has 2 heterocycles. The van der Waals surface area contributed by atoms with Gasteiger partial charge in [0.25, 0.3) is 11.9 Å². The van der Waals surface area contributed by atoms with Crippen LogP contribution in [0.15, 0.2) is 35.5 Å². The summed E-state index contributed by atoms with van der Waals surface area (Å²) in [6, 6.07) is 5.60. The van der Waals surface area contributed by atoms with Crippen molar-refractivity contribution in [3.05, 3.63) is 52.7 Å². The van der Waals surface area contributed by atoms with Crippen molar-refractivity contribution >= 4 is 29.3 Å². The molecule has 2 aromatic rings. The van der Waals surface area contributed by atoms with E-state index in [1.165, 1.54) is 31.4 Å². The number of hydrogen-bond acceptors (Lipinski definition) is 5. The maximum Gasteiger partial charge on any atom is 0.281 e. The van der Waals surface area contributed by atoms with E-state index in [0.717, 1.165) is 0 Å². The van der Waals surface area contributed by atoms with E-state index >= 15 is 0 Å². The van der Waals surface area contributed by atoms with Crippen LogP contribution in [0.1, 0.15) is 16.2 Å². The largest absolute Gasteiger partial charge is 0.465 e. The molecule has 0 saturated carbocycles. The highest BCUT2D eigenvalue weighted by Crippen LogP contribution is 2.12. The monoisotopic (exact) mass is 351 g/mol. The van der Waals surface area contributed by atoms with Crippen molar-refractivity contribution in [1.82, 2.24) is 9.97 Å². The topological polar surface area (TPSA) is 102 Å². The fourth-order valence-corrected chi connectivity index (χ4v) is 1.85. The van der Waals surface area contributed by atoms with E-state index in [1.807, 2.05) is 0 Å². The molecule has 126 valence electrons. The van der Waals surface area contributed by atoms with Gasteiger partial charge in [-0.25, -0.2) is 19.4 Å². The van der Waals surface area contributed by atoms with Gasteiger partial charge in [0.05, 0.1) is 17.3 Å². The summed E-state index contributed by atoms with van der Waals surface area (Å²) in [6.07, 6.45) is 1.53. The average Bonchev–Trinajstić information content (AvgIpc) is 2.58. The van der Waals surface area contributed by atoms with Gasteiger partial charge in [-0.15, -0.1) is 0 Å². The van der Waals surface area contributed by atoms with Gasteiger partial charge in [-0.1, -0.05) is 11.6 Å². The summed E-state index contributed by atoms with van der Waals surface area (Å²) in [5, 5.41) is 2.96. The molecule has 0 aliphatic carbocycles. The van der Waals surface area contributed by atoms with Crippen molar-refractivity contribution in [3.63, 3.8) is 0 Å². The number of ether oxygens (including phenoxy) is 1. The molecule has 2 rings (SSSR count). The third-order valence-corrected chi connectivity index (χ3v) is 3.15. The minimum absolute atomic E-state index is 0.00804. The summed E-state index contributed by atoms with van der Waals surface area (Å²) in [5.41, 5.74) is 5.69. The third kappa shape index (κ3) is 4.88. The summed E-state index contributed by atoms with van der Waals surface area (Å²) in [5.74, 6) is -0.783. The molecule has 0 fully saturated rings. The Kier molecular flexibility index (Phi) is 6.02. The fourth-order valence-electron chi connectivity index (χ4n) is 1.74. The van der Waals surface area contributed by atoms with Crippen molar-refractivity contribution in [2.75, 3.05) is 19.0 Å². The van der Waals surface area contributed by atoms with Crippen LogP contribution in [-0.4, -0.2) is 35.6 Å². The van der Waals surface area contributed by atoms with Gasteiger partial charge in [0.2, 0.25) is 0 Å². The molecule has 2 aromatic heterocycles. The molecule has 0 atom stereocenters. The van der Waals surface area contributed by atoms with Crippen LogP contribution in [0.5, 0.6) is 0 Å². The molecular weight excluding hydrogens is 337 g/mol. The van der Waals surface area contributed by atoms with Crippen molar-refractivity contribution < 1.29 is 13.9 Å². The number of anilines is 1. The molecule has 0 radical (unpaired) electrons. The highest BCUT2D eigenvalue weighted by Gasteiger charge is 2.11. The molecule has 0 spiro atoms. The molecule has 1 amide bonds. The Bertz CT molecular complexity index is 752. The van der Waals surface area contributed by atoms with Gasteiger partial charge in [-0.2, -0.15) is 0 Å². The number of aromatic nitrogens is 2. The smallest absolute Gasteiger partial charge is 0.281 e. The van der Waals surface area contributed by atoms with Crippen LogP contribution in [0.25, 0.3) is 0 Å². The molecule has 0 aromatic carbocycles. The lowest BCUT2D eigenvalue weighted by molar-refractivity contribution is 0.102.